The van der Waals surface area contributed by atoms with E-state index >= 15 is 0 Å². The Labute approximate surface area is 154 Å². The Balaban J connectivity index is 1.51. The Morgan fingerprint density at radius 1 is 1.08 bits per heavy atom. The van der Waals surface area contributed by atoms with E-state index in [9.17, 15) is 4.79 Å². The minimum absolute atomic E-state index is 0.0483. The van der Waals surface area contributed by atoms with Crippen molar-refractivity contribution in [1.29, 1.82) is 0 Å². The molecule has 1 heterocycles. The molecule has 0 radical (unpaired) electrons. The summed E-state index contributed by atoms with van der Waals surface area (Å²) in [5.41, 5.74) is 3.22. The van der Waals surface area contributed by atoms with Gasteiger partial charge in [-0.1, -0.05) is 53.6 Å². The molecule has 3 rings (SSSR count). The van der Waals surface area contributed by atoms with Gasteiger partial charge in [0.2, 0.25) is 0 Å². The van der Waals surface area contributed by atoms with Crippen LogP contribution < -0.4 is 0 Å². The van der Waals surface area contributed by atoms with Gasteiger partial charge in [0.1, 0.15) is 0 Å². The number of benzene rings is 2. The Morgan fingerprint density at radius 3 is 2.56 bits per heavy atom. The van der Waals surface area contributed by atoms with Gasteiger partial charge in [-0.2, -0.15) is 0 Å². The lowest BCUT2D eigenvalue weighted by Gasteiger charge is -2.34. The highest BCUT2D eigenvalue weighted by Gasteiger charge is 2.15. The molecule has 0 aliphatic carbocycles. The van der Waals surface area contributed by atoms with E-state index in [1.165, 1.54) is 11.1 Å². The third kappa shape index (κ3) is 4.94. The van der Waals surface area contributed by atoms with Gasteiger partial charge in [0.05, 0.1) is 5.02 Å². The molecule has 4 heteroatoms. The third-order valence-electron chi connectivity index (χ3n) is 4.47. The summed E-state index contributed by atoms with van der Waals surface area (Å²) in [6, 6.07) is 15.8. The first-order chi connectivity index (χ1) is 12.1. The number of piperazine rings is 1. The first-order valence-electron chi connectivity index (χ1n) is 8.61. The topological polar surface area (TPSA) is 23.6 Å². The number of nitrogens with zero attached hydrogens (tertiary/aromatic N) is 2. The lowest BCUT2D eigenvalue weighted by atomic mass is 10.1. The molecule has 0 atom stereocenters. The normalized spacial score (nSPS) is 15.7. The maximum absolute atomic E-state index is 12.2. The zero-order valence-corrected chi connectivity index (χ0v) is 15.2. The SMILES string of the molecule is Cc1cccc(CN2CCN(C=CC(=O)c3ccccc3Cl)CC2)c1. The van der Waals surface area contributed by atoms with Crippen molar-refractivity contribution in [2.75, 3.05) is 26.2 Å². The van der Waals surface area contributed by atoms with Crippen LogP contribution in [0.4, 0.5) is 0 Å². The molecule has 0 spiro atoms. The van der Waals surface area contributed by atoms with Gasteiger partial charge in [0.15, 0.2) is 5.78 Å². The summed E-state index contributed by atoms with van der Waals surface area (Å²) in [5, 5.41) is 0.500. The molecule has 0 aromatic heterocycles. The summed E-state index contributed by atoms with van der Waals surface area (Å²) in [5.74, 6) is -0.0483. The van der Waals surface area contributed by atoms with Crippen LogP contribution >= 0.6 is 11.6 Å². The number of carbonyl (C=O) groups excluding carboxylic acids is 1. The third-order valence-corrected chi connectivity index (χ3v) is 4.80. The first kappa shape index (κ1) is 17.7. The summed E-state index contributed by atoms with van der Waals surface area (Å²) in [6.45, 7) is 6.97. The van der Waals surface area contributed by atoms with Crippen molar-refractivity contribution in [3.8, 4) is 0 Å². The van der Waals surface area contributed by atoms with Crippen LogP contribution in [0.2, 0.25) is 5.02 Å². The van der Waals surface area contributed by atoms with E-state index < -0.39 is 0 Å². The number of carbonyl (C=O) groups is 1. The maximum Gasteiger partial charge on any atom is 0.188 e. The molecule has 0 bridgehead atoms. The highest BCUT2D eigenvalue weighted by atomic mass is 35.5. The van der Waals surface area contributed by atoms with Crippen LogP contribution in [0.5, 0.6) is 0 Å². The van der Waals surface area contributed by atoms with Crippen LogP contribution in [0.3, 0.4) is 0 Å². The van der Waals surface area contributed by atoms with Gasteiger partial charge in [-0.05, 0) is 24.6 Å². The minimum Gasteiger partial charge on any atom is -0.375 e. The predicted molar refractivity (Wildman–Crippen MR) is 103 cm³/mol. The Hall–Kier alpha value is -2.10. The molecule has 2 aromatic rings. The van der Waals surface area contributed by atoms with Crippen molar-refractivity contribution in [2.24, 2.45) is 0 Å². The van der Waals surface area contributed by atoms with Crippen LogP contribution in [-0.2, 0) is 6.54 Å². The van der Waals surface area contributed by atoms with Crippen molar-refractivity contribution >= 4 is 17.4 Å². The van der Waals surface area contributed by atoms with Crippen LogP contribution in [0.15, 0.2) is 60.8 Å². The monoisotopic (exact) mass is 354 g/mol. The van der Waals surface area contributed by atoms with Gasteiger partial charge >= 0.3 is 0 Å². The second-order valence-electron chi connectivity index (χ2n) is 6.46. The standard InChI is InChI=1S/C21H23ClN2O/c1-17-5-4-6-18(15-17)16-24-13-11-23(12-14-24)10-9-21(25)19-7-2-3-8-20(19)22/h2-10,15H,11-14,16H2,1H3. The highest BCUT2D eigenvalue weighted by molar-refractivity contribution is 6.34. The van der Waals surface area contributed by atoms with Gasteiger partial charge in [0.25, 0.3) is 0 Å². The molecule has 130 valence electrons. The maximum atomic E-state index is 12.2. The summed E-state index contributed by atoms with van der Waals surface area (Å²) < 4.78 is 0. The Kier molecular flexibility index (Phi) is 5.90. The number of hydrogen-bond donors (Lipinski definition) is 0. The number of ketones is 1. The molecular weight excluding hydrogens is 332 g/mol. The zero-order chi connectivity index (χ0) is 17.6. The lowest BCUT2D eigenvalue weighted by Crippen LogP contribution is -2.43. The minimum atomic E-state index is -0.0483. The largest absolute Gasteiger partial charge is 0.375 e. The van der Waals surface area contributed by atoms with Gasteiger partial charge < -0.3 is 4.90 Å². The molecule has 0 unspecified atom stereocenters. The second-order valence-corrected chi connectivity index (χ2v) is 6.87. The van der Waals surface area contributed by atoms with Crippen molar-refractivity contribution < 1.29 is 4.79 Å². The summed E-state index contributed by atoms with van der Waals surface area (Å²) in [4.78, 5) is 16.9. The molecule has 1 fully saturated rings. The average Bonchev–Trinajstić information content (AvgIpc) is 2.61. The lowest BCUT2D eigenvalue weighted by molar-refractivity contribution is 0.104. The first-order valence-corrected chi connectivity index (χ1v) is 8.98. The average molecular weight is 355 g/mol. The molecule has 0 N–H and O–H groups in total. The van der Waals surface area contributed by atoms with Crippen LogP contribution in [-0.4, -0.2) is 41.8 Å². The number of rotatable bonds is 5. The van der Waals surface area contributed by atoms with E-state index in [0.717, 1.165) is 32.7 Å². The van der Waals surface area contributed by atoms with E-state index in [4.69, 9.17) is 11.6 Å². The van der Waals surface area contributed by atoms with Gasteiger partial charge in [0, 0.05) is 50.6 Å². The summed E-state index contributed by atoms with van der Waals surface area (Å²) in [7, 11) is 0. The summed E-state index contributed by atoms with van der Waals surface area (Å²) in [6.07, 6.45) is 3.52. The van der Waals surface area contributed by atoms with Crippen molar-refractivity contribution in [1.82, 2.24) is 9.80 Å². The van der Waals surface area contributed by atoms with E-state index in [1.54, 1.807) is 18.2 Å². The quantitative estimate of drug-likeness (QED) is 0.595. The molecule has 1 aliphatic rings. The molecule has 1 aliphatic heterocycles. The van der Waals surface area contributed by atoms with E-state index in [2.05, 4.69) is 41.0 Å². The molecule has 25 heavy (non-hydrogen) atoms. The fourth-order valence-electron chi connectivity index (χ4n) is 3.06. The number of hydrogen-bond acceptors (Lipinski definition) is 3. The van der Waals surface area contributed by atoms with E-state index in [1.807, 2.05) is 18.3 Å². The molecule has 0 saturated carbocycles. The number of allylic oxidation sites excluding steroid dienone is 1. The van der Waals surface area contributed by atoms with Crippen molar-refractivity contribution in [3.05, 3.63) is 82.5 Å². The van der Waals surface area contributed by atoms with E-state index in [0.29, 0.717) is 10.6 Å². The Morgan fingerprint density at radius 2 is 1.84 bits per heavy atom. The van der Waals surface area contributed by atoms with Crippen LogP contribution in [0, 0.1) is 6.92 Å². The fraction of sp³-hybridized carbons (Fsp3) is 0.286. The van der Waals surface area contributed by atoms with Crippen LogP contribution in [0.25, 0.3) is 0 Å². The number of aryl methyl sites for hydroxylation is 1. The molecule has 3 nitrogen and oxygen atoms in total. The van der Waals surface area contributed by atoms with Crippen LogP contribution in [0.1, 0.15) is 21.5 Å². The molecule has 2 aromatic carbocycles. The number of halogens is 1. The second kappa shape index (κ2) is 8.32. The van der Waals surface area contributed by atoms with Crippen molar-refractivity contribution in [3.63, 3.8) is 0 Å². The molecule has 0 amide bonds. The summed E-state index contributed by atoms with van der Waals surface area (Å²) >= 11 is 6.07. The van der Waals surface area contributed by atoms with Gasteiger partial charge in [-0.3, -0.25) is 9.69 Å². The van der Waals surface area contributed by atoms with E-state index in [-0.39, 0.29) is 5.78 Å². The highest BCUT2D eigenvalue weighted by Crippen LogP contribution is 2.16. The molecule has 1 saturated heterocycles. The predicted octanol–water partition coefficient (Wildman–Crippen LogP) is 4.16. The van der Waals surface area contributed by atoms with Gasteiger partial charge in [-0.15, -0.1) is 0 Å². The Bertz CT molecular complexity index is 764. The zero-order valence-electron chi connectivity index (χ0n) is 14.5. The van der Waals surface area contributed by atoms with Gasteiger partial charge in [-0.25, -0.2) is 0 Å². The fourth-order valence-corrected chi connectivity index (χ4v) is 3.29. The molecular formula is C21H23ClN2O. The van der Waals surface area contributed by atoms with Crippen molar-refractivity contribution in [2.45, 2.75) is 13.5 Å². The smallest absolute Gasteiger partial charge is 0.188 e.